The highest BCUT2D eigenvalue weighted by atomic mass is 16.5. The third-order valence-corrected chi connectivity index (χ3v) is 3.91. The number of hydrogen-bond donors (Lipinski definition) is 2. The van der Waals surface area contributed by atoms with Gasteiger partial charge in [0, 0.05) is 6.04 Å². The van der Waals surface area contributed by atoms with Crippen LogP contribution in [0.5, 0.6) is 0 Å². The van der Waals surface area contributed by atoms with Gasteiger partial charge in [0.2, 0.25) is 5.91 Å². The summed E-state index contributed by atoms with van der Waals surface area (Å²) in [4.78, 5) is 11.8. The Morgan fingerprint density at radius 1 is 1.33 bits per heavy atom. The molecule has 4 nitrogen and oxygen atoms in total. The van der Waals surface area contributed by atoms with Gasteiger partial charge in [-0.1, -0.05) is 19.8 Å². The van der Waals surface area contributed by atoms with Gasteiger partial charge in [0.05, 0.1) is 6.10 Å². The van der Waals surface area contributed by atoms with Crippen LogP contribution in [0.25, 0.3) is 0 Å². The van der Waals surface area contributed by atoms with Gasteiger partial charge in [-0.2, -0.15) is 0 Å². The fourth-order valence-electron chi connectivity index (χ4n) is 2.51. The fourth-order valence-corrected chi connectivity index (χ4v) is 2.51. The molecule has 1 aliphatic heterocycles. The van der Waals surface area contributed by atoms with Crippen LogP contribution < -0.4 is 10.6 Å². The molecule has 104 valence electrons. The van der Waals surface area contributed by atoms with Crippen molar-refractivity contribution in [3.05, 3.63) is 0 Å². The van der Waals surface area contributed by atoms with Crippen LogP contribution in [0, 0.1) is 5.92 Å². The zero-order chi connectivity index (χ0) is 12.8. The SMILES string of the molecule is CCC(CC1CC1)NC(=O)COC1CCNCC1. The molecule has 0 bridgehead atoms. The normalized spacial score (nSPS) is 22.7. The number of nitrogens with one attached hydrogen (secondary N) is 2. The Bertz CT molecular complexity index is 261. The molecule has 2 N–H and O–H groups in total. The Morgan fingerprint density at radius 2 is 2.06 bits per heavy atom. The van der Waals surface area contributed by atoms with Crippen molar-refractivity contribution in [3.63, 3.8) is 0 Å². The Morgan fingerprint density at radius 3 is 2.67 bits per heavy atom. The second-order valence-electron chi connectivity index (χ2n) is 5.61. The molecule has 2 rings (SSSR count). The molecule has 0 spiro atoms. The molecular weight excluding hydrogens is 228 g/mol. The zero-order valence-electron chi connectivity index (χ0n) is 11.4. The quantitative estimate of drug-likeness (QED) is 0.723. The highest BCUT2D eigenvalue weighted by Crippen LogP contribution is 2.33. The summed E-state index contributed by atoms with van der Waals surface area (Å²) in [7, 11) is 0. The first kappa shape index (κ1) is 13.8. The largest absolute Gasteiger partial charge is 0.368 e. The predicted molar refractivity (Wildman–Crippen MR) is 71.4 cm³/mol. The minimum atomic E-state index is 0.0565. The van der Waals surface area contributed by atoms with Gasteiger partial charge in [-0.15, -0.1) is 0 Å². The van der Waals surface area contributed by atoms with E-state index in [0.717, 1.165) is 44.7 Å². The maximum Gasteiger partial charge on any atom is 0.246 e. The van der Waals surface area contributed by atoms with Crippen molar-refractivity contribution in [1.82, 2.24) is 10.6 Å². The number of carbonyl (C=O) groups excluding carboxylic acids is 1. The lowest BCUT2D eigenvalue weighted by atomic mass is 10.1. The maximum atomic E-state index is 11.8. The van der Waals surface area contributed by atoms with Gasteiger partial charge in [0.15, 0.2) is 0 Å². The highest BCUT2D eigenvalue weighted by molar-refractivity contribution is 5.77. The predicted octanol–water partition coefficient (Wildman–Crippen LogP) is 1.45. The van der Waals surface area contributed by atoms with E-state index in [1.54, 1.807) is 0 Å². The summed E-state index contributed by atoms with van der Waals surface area (Å²) in [6.45, 7) is 4.38. The molecule has 0 radical (unpaired) electrons. The molecule has 1 unspecified atom stereocenters. The second kappa shape index (κ2) is 7.10. The van der Waals surface area contributed by atoms with Crippen LogP contribution in [0.1, 0.15) is 45.4 Å². The summed E-state index contributed by atoms with van der Waals surface area (Å²) in [5.74, 6) is 0.918. The molecule has 0 aromatic rings. The Labute approximate surface area is 110 Å². The number of carbonyl (C=O) groups is 1. The van der Waals surface area contributed by atoms with Crippen molar-refractivity contribution in [1.29, 1.82) is 0 Å². The Balaban J connectivity index is 1.60. The first-order valence-electron chi connectivity index (χ1n) is 7.39. The standard InChI is InChI=1S/C14H26N2O2/c1-2-12(9-11-3-4-11)16-14(17)10-18-13-5-7-15-8-6-13/h11-13,15H,2-10H2,1H3,(H,16,17). The van der Waals surface area contributed by atoms with Crippen LogP contribution in [0.2, 0.25) is 0 Å². The van der Waals surface area contributed by atoms with Crippen LogP contribution in [0.15, 0.2) is 0 Å². The monoisotopic (exact) mass is 254 g/mol. The van der Waals surface area contributed by atoms with Crippen molar-refractivity contribution in [2.24, 2.45) is 5.92 Å². The molecule has 1 saturated heterocycles. The van der Waals surface area contributed by atoms with Crippen LogP contribution in [0.3, 0.4) is 0 Å². The van der Waals surface area contributed by atoms with Gasteiger partial charge in [0.1, 0.15) is 6.61 Å². The third-order valence-electron chi connectivity index (χ3n) is 3.91. The molecule has 1 aliphatic carbocycles. The Hall–Kier alpha value is -0.610. The van der Waals surface area contributed by atoms with Crippen molar-refractivity contribution < 1.29 is 9.53 Å². The number of rotatable bonds is 7. The average molecular weight is 254 g/mol. The van der Waals surface area contributed by atoms with Crippen LogP contribution in [0.4, 0.5) is 0 Å². The van der Waals surface area contributed by atoms with E-state index in [-0.39, 0.29) is 18.6 Å². The van der Waals surface area contributed by atoms with Crippen molar-refractivity contribution in [2.75, 3.05) is 19.7 Å². The molecule has 4 heteroatoms. The molecule has 1 saturated carbocycles. The van der Waals surface area contributed by atoms with Gasteiger partial charge in [0.25, 0.3) is 0 Å². The topological polar surface area (TPSA) is 50.4 Å². The number of hydrogen-bond acceptors (Lipinski definition) is 3. The van der Waals surface area contributed by atoms with E-state index >= 15 is 0 Å². The van der Waals surface area contributed by atoms with E-state index in [9.17, 15) is 4.79 Å². The Kier molecular flexibility index (Phi) is 5.45. The van der Waals surface area contributed by atoms with Crippen LogP contribution >= 0.6 is 0 Å². The van der Waals surface area contributed by atoms with Crippen LogP contribution in [-0.4, -0.2) is 37.7 Å². The van der Waals surface area contributed by atoms with E-state index in [0.29, 0.717) is 6.04 Å². The highest BCUT2D eigenvalue weighted by Gasteiger charge is 2.25. The van der Waals surface area contributed by atoms with E-state index < -0.39 is 0 Å². The van der Waals surface area contributed by atoms with E-state index in [4.69, 9.17) is 4.74 Å². The van der Waals surface area contributed by atoms with Crippen LogP contribution in [-0.2, 0) is 9.53 Å². The van der Waals surface area contributed by atoms with E-state index in [1.165, 1.54) is 12.8 Å². The van der Waals surface area contributed by atoms with Gasteiger partial charge in [-0.3, -0.25) is 4.79 Å². The lowest BCUT2D eigenvalue weighted by Crippen LogP contribution is -2.39. The van der Waals surface area contributed by atoms with Gasteiger partial charge < -0.3 is 15.4 Å². The second-order valence-corrected chi connectivity index (χ2v) is 5.61. The van der Waals surface area contributed by atoms with Gasteiger partial charge >= 0.3 is 0 Å². The minimum absolute atomic E-state index is 0.0565. The molecule has 1 heterocycles. The summed E-state index contributed by atoms with van der Waals surface area (Å²) in [6, 6.07) is 0.349. The first-order chi connectivity index (χ1) is 8.78. The van der Waals surface area contributed by atoms with Gasteiger partial charge in [-0.25, -0.2) is 0 Å². The molecule has 1 amide bonds. The molecule has 2 aliphatic rings. The van der Waals surface area contributed by atoms with Crippen molar-refractivity contribution in [3.8, 4) is 0 Å². The summed E-state index contributed by atoms with van der Waals surface area (Å²) < 4.78 is 5.66. The first-order valence-corrected chi connectivity index (χ1v) is 7.39. The average Bonchev–Trinajstić information content (AvgIpc) is 3.21. The minimum Gasteiger partial charge on any atom is -0.368 e. The molecule has 2 fully saturated rings. The van der Waals surface area contributed by atoms with E-state index in [1.807, 2.05) is 0 Å². The molecule has 18 heavy (non-hydrogen) atoms. The zero-order valence-corrected chi connectivity index (χ0v) is 11.4. The summed E-state index contributed by atoms with van der Waals surface area (Å²) in [6.07, 6.45) is 7.17. The number of piperidine rings is 1. The summed E-state index contributed by atoms with van der Waals surface area (Å²) >= 11 is 0. The summed E-state index contributed by atoms with van der Waals surface area (Å²) in [5, 5.41) is 6.39. The molecule has 0 aromatic heterocycles. The summed E-state index contributed by atoms with van der Waals surface area (Å²) in [5.41, 5.74) is 0. The molecular formula is C14H26N2O2. The lowest BCUT2D eigenvalue weighted by Gasteiger charge is -2.23. The lowest BCUT2D eigenvalue weighted by molar-refractivity contribution is -0.129. The fraction of sp³-hybridized carbons (Fsp3) is 0.929. The van der Waals surface area contributed by atoms with E-state index in [2.05, 4.69) is 17.6 Å². The maximum absolute atomic E-state index is 11.8. The smallest absolute Gasteiger partial charge is 0.246 e. The number of amides is 1. The number of ether oxygens (including phenoxy) is 1. The van der Waals surface area contributed by atoms with Gasteiger partial charge in [-0.05, 0) is 44.7 Å². The third kappa shape index (κ3) is 4.94. The molecule has 1 atom stereocenters. The van der Waals surface area contributed by atoms with Crippen molar-refractivity contribution >= 4 is 5.91 Å². The van der Waals surface area contributed by atoms with Crippen molar-refractivity contribution in [2.45, 2.75) is 57.6 Å². The molecule has 0 aromatic carbocycles.